The molecule has 0 radical (unpaired) electrons. The lowest BCUT2D eigenvalue weighted by Gasteiger charge is -2.29. The molecule has 6 heteroatoms. The maximum Gasteiger partial charge on any atom is 0.141 e. The van der Waals surface area contributed by atoms with Crippen LogP contribution in [0.1, 0.15) is 18.1 Å². The Morgan fingerprint density at radius 1 is 0.510 bits per heavy atom. The fourth-order valence-electron chi connectivity index (χ4n) is 6.64. The summed E-state index contributed by atoms with van der Waals surface area (Å²) >= 11 is 0. The fraction of sp³-hybridized carbons (Fsp3) is 0.0222. The highest BCUT2D eigenvalue weighted by Gasteiger charge is 2.22. The van der Waals surface area contributed by atoms with Gasteiger partial charge in [-0.25, -0.2) is 8.78 Å². The highest BCUT2D eigenvalue weighted by molar-refractivity contribution is 6.28. The third-order valence-electron chi connectivity index (χ3n) is 8.79. The summed E-state index contributed by atoms with van der Waals surface area (Å²) in [5.41, 5.74) is 4.74. The van der Waals surface area contributed by atoms with Gasteiger partial charge in [-0.15, -0.1) is 6.58 Å². The summed E-state index contributed by atoms with van der Waals surface area (Å²) < 4.78 is 29.0. The van der Waals surface area contributed by atoms with Gasteiger partial charge < -0.3 is 9.80 Å². The molecule has 0 heterocycles. The highest BCUT2D eigenvalue weighted by atomic mass is 19.1. The Kier molecular flexibility index (Phi) is 8.83. The zero-order chi connectivity index (χ0) is 35.5. The van der Waals surface area contributed by atoms with Crippen molar-refractivity contribution in [1.82, 2.24) is 0 Å². The van der Waals surface area contributed by atoms with Crippen LogP contribution in [-0.2, 0) is 0 Å². The van der Waals surface area contributed by atoms with E-state index in [2.05, 4.69) is 55.1 Å². The lowest BCUT2D eigenvalue weighted by atomic mass is 9.91. The second-order valence-electron chi connectivity index (χ2n) is 11.9. The molecule has 8 aromatic rings. The molecule has 0 bridgehead atoms. The summed E-state index contributed by atoms with van der Waals surface area (Å²) in [7, 11) is 0. The molecule has 8 aromatic carbocycles. The van der Waals surface area contributed by atoms with Gasteiger partial charge in [-0.3, -0.25) is 0 Å². The second-order valence-corrected chi connectivity index (χ2v) is 11.9. The van der Waals surface area contributed by atoms with E-state index >= 15 is 0 Å². The summed E-state index contributed by atoms with van der Waals surface area (Å²) in [5.74, 6) is -1.13. The zero-order valence-electron chi connectivity index (χ0n) is 27.7. The minimum Gasteiger partial charge on any atom is -0.310 e. The molecule has 0 unspecified atom stereocenters. The van der Waals surface area contributed by atoms with Crippen molar-refractivity contribution in [1.29, 1.82) is 10.5 Å². The van der Waals surface area contributed by atoms with Gasteiger partial charge in [-0.2, -0.15) is 10.5 Å². The van der Waals surface area contributed by atoms with Gasteiger partial charge in [-0.05, 0) is 101 Å². The number of halogens is 2. The molecule has 0 aliphatic heterocycles. The first kappa shape index (κ1) is 32.5. The third-order valence-corrected chi connectivity index (χ3v) is 8.79. The smallest absolute Gasteiger partial charge is 0.141 e. The van der Waals surface area contributed by atoms with Crippen LogP contribution in [0.15, 0.2) is 158 Å². The molecule has 0 fully saturated rings. The van der Waals surface area contributed by atoms with Crippen molar-refractivity contribution in [2.75, 3.05) is 9.80 Å². The molecule has 4 nitrogen and oxygen atoms in total. The van der Waals surface area contributed by atoms with Crippen LogP contribution in [0.2, 0.25) is 0 Å². The monoisotopic (exact) mass is 664 g/mol. The largest absolute Gasteiger partial charge is 0.310 e. The van der Waals surface area contributed by atoms with E-state index in [1.54, 1.807) is 30.3 Å². The lowest BCUT2D eigenvalue weighted by molar-refractivity contribution is 0.623. The van der Waals surface area contributed by atoms with Crippen molar-refractivity contribution in [3.63, 3.8) is 0 Å². The Bertz CT molecular complexity index is 2440. The number of hydrogen-bond acceptors (Lipinski definition) is 4. The second kappa shape index (κ2) is 13.8. The number of allylic oxidation sites excluding steroid dienone is 1. The van der Waals surface area contributed by atoms with Gasteiger partial charge in [0, 0.05) is 33.5 Å². The molecule has 0 aliphatic rings. The quantitative estimate of drug-likeness (QED) is 0.131. The minimum absolute atomic E-state index is 0.0304. The molecule has 0 aliphatic carbocycles. The van der Waals surface area contributed by atoms with Gasteiger partial charge in [-0.1, -0.05) is 78.9 Å². The molecule has 0 atom stereocenters. The van der Waals surface area contributed by atoms with Gasteiger partial charge in [0.1, 0.15) is 23.8 Å². The average molecular weight is 665 g/mol. The molecular formula is C45H30F2N4. The Morgan fingerprint density at radius 2 is 0.882 bits per heavy atom. The van der Waals surface area contributed by atoms with Gasteiger partial charge >= 0.3 is 0 Å². The maximum atomic E-state index is 14.5. The standard InChI is InChI=1S/C42H24F2N4.C3H6/c43-37-19-15-33(23-29(37)25-45)47(31-7-3-1-4-8-31)39-21-13-27-12-18-36-40(22-14-28-11-17-35(39)41(27)42(28)36)48(32-9-5-2-6-10-32)34-16-20-38(44)30(24-34)26-46;1-3-2/h1-24H;3H,1H2,2H3. The molecule has 8 rings (SSSR count). The summed E-state index contributed by atoms with van der Waals surface area (Å²) in [6.45, 7) is 5.25. The minimum atomic E-state index is -0.566. The summed E-state index contributed by atoms with van der Waals surface area (Å²) in [6.07, 6.45) is 1.75. The number of nitriles is 2. The molecule has 0 N–H and O–H groups in total. The molecule has 0 amide bonds. The highest BCUT2D eigenvalue weighted by Crippen LogP contribution is 2.47. The summed E-state index contributed by atoms with van der Waals surface area (Å²) in [6, 6.07) is 49.5. The number of anilines is 6. The number of benzene rings is 8. The van der Waals surface area contributed by atoms with E-state index in [1.807, 2.05) is 89.5 Å². The van der Waals surface area contributed by atoms with E-state index in [-0.39, 0.29) is 11.1 Å². The van der Waals surface area contributed by atoms with Crippen LogP contribution in [0.4, 0.5) is 42.9 Å². The van der Waals surface area contributed by atoms with Gasteiger partial charge in [0.15, 0.2) is 0 Å². The fourth-order valence-corrected chi connectivity index (χ4v) is 6.64. The van der Waals surface area contributed by atoms with Gasteiger partial charge in [0.05, 0.1) is 22.5 Å². The third kappa shape index (κ3) is 5.86. The van der Waals surface area contributed by atoms with Crippen LogP contribution in [0.25, 0.3) is 32.3 Å². The zero-order valence-corrected chi connectivity index (χ0v) is 27.7. The molecule has 0 saturated heterocycles. The Labute approximate surface area is 294 Å². The average Bonchev–Trinajstić information content (AvgIpc) is 3.17. The van der Waals surface area contributed by atoms with E-state index in [4.69, 9.17) is 0 Å². The van der Waals surface area contributed by atoms with E-state index in [0.29, 0.717) is 11.4 Å². The normalized spacial score (nSPS) is 10.7. The first-order valence-corrected chi connectivity index (χ1v) is 16.3. The maximum absolute atomic E-state index is 14.5. The van der Waals surface area contributed by atoms with Crippen LogP contribution < -0.4 is 9.80 Å². The van der Waals surface area contributed by atoms with Crippen LogP contribution in [0.5, 0.6) is 0 Å². The van der Waals surface area contributed by atoms with Crippen molar-refractivity contribution < 1.29 is 8.78 Å². The SMILES string of the molecule is C=CC.N#Cc1cc(N(c2ccccc2)c2ccc3ccc4c(N(c5ccccc5)c5ccc(F)c(C#N)c5)ccc5ccc2c3c54)ccc1F. The van der Waals surface area contributed by atoms with E-state index in [0.717, 1.165) is 55.1 Å². The van der Waals surface area contributed by atoms with Crippen molar-refractivity contribution >= 4 is 66.4 Å². The van der Waals surface area contributed by atoms with Gasteiger partial charge in [0.25, 0.3) is 0 Å². The van der Waals surface area contributed by atoms with E-state index in [9.17, 15) is 19.3 Å². The molecule has 51 heavy (non-hydrogen) atoms. The molecule has 0 spiro atoms. The Hall–Kier alpha value is -7.02. The van der Waals surface area contributed by atoms with Crippen LogP contribution >= 0.6 is 0 Å². The molecular weight excluding hydrogens is 635 g/mol. The summed E-state index contributed by atoms with van der Waals surface area (Å²) in [4.78, 5) is 4.09. The Balaban J connectivity index is 0.00000131. The topological polar surface area (TPSA) is 54.1 Å². The van der Waals surface area contributed by atoms with Crippen LogP contribution in [0, 0.1) is 34.3 Å². The molecule has 0 saturated carbocycles. The van der Waals surface area contributed by atoms with Crippen molar-refractivity contribution in [2.45, 2.75) is 6.92 Å². The lowest BCUT2D eigenvalue weighted by Crippen LogP contribution is -2.12. The van der Waals surface area contributed by atoms with E-state index < -0.39 is 11.6 Å². The van der Waals surface area contributed by atoms with Crippen LogP contribution in [-0.4, -0.2) is 0 Å². The number of hydrogen-bond donors (Lipinski definition) is 0. The predicted molar refractivity (Wildman–Crippen MR) is 205 cm³/mol. The van der Waals surface area contributed by atoms with Crippen molar-refractivity contribution in [3.05, 3.63) is 181 Å². The first-order valence-electron chi connectivity index (χ1n) is 16.3. The summed E-state index contributed by atoms with van der Waals surface area (Å²) in [5, 5.41) is 25.5. The Morgan fingerprint density at radius 3 is 1.25 bits per heavy atom. The van der Waals surface area contributed by atoms with Crippen molar-refractivity contribution in [3.8, 4) is 12.1 Å². The molecule has 0 aromatic heterocycles. The number of rotatable bonds is 6. The van der Waals surface area contributed by atoms with Crippen molar-refractivity contribution in [2.24, 2.45) is 0 Å². The van der Waals surface area contributed by atoms with E-state index in [1.165, 1.54) is 12.1 Å². The number of nitrogens with zero attached hydrogens (tertiary/aromatic N) is 4. The molecule has 244 valence electrons. The van der Waals surface area contributed by atoms with Gasteiger partial charge in [0.2, 0.25) is 0 Å². The first-order chi connectivity index (χ1) is 25.0. The number of para-hydroxylation sites is 2. The predicted octanol–water partition coefficient (Wildman–Crippen LogP) is 12.7. The van der Waals surface area contributed by atoms with Crippen LogP contribution in [0.3, 0.4) is 0 Å².